The highest BCUT2D eigenvalue weighted by molar-refractivity contribution is 7.99. The van der Waals surface area contributed by atoms with Crippen LogP contribution in [0, 0.1) is 0 Å². The van der Waals surface area contributed by atoms with Gasteiger partial charge in [0.1, 0.15) is 5.75 Å². The lowest BCUT2D eigenvalue weighted by Gasteiger charge is -2.04. The van der Waals surface area contributed by atoms with Crippen molar-refractivity contribution in [2.45, 2.75) is 18.1 Å². The summed E-state index contributed by atoms with van der Waals surface area (Å²) >= 11 is 1.27. The van der Waals surface area contributed by atoms with Gasteiger partial charge in [-0.05, 0) is 52.4 Å². The number of fused-ring (bicyclic) bond motifs is 3. The Morgan fingerprint density at radius 3 is 2.65 bits per heavy atom. The first-order valence-corrected chi connectivity index (χ1v) is 11.0. The molecule has 1 aromatic heterocycles. The fourth-order valence-electron chi connectivity index (χ4n) is 3.79. The van der Waals surface area contributed by atoms with E-state index in [0.717, 1.165) is 23.3 Å². The number of ketones is 1. The Morgan fingerprint density at radius 2 is 1.81 bits per heavy atom. The summed E-state index contributed by atoms with van der Waals surface area (Å²) in [5.74, 6) is 1.63. The van der Waals surface area contributed by atoms with Crippen molar-refractivity contribution in [3.8, 4) is 16.9 Å². The maximum Gasteiger partial charge on any atom is 0.277 e. The molecule has 5 rings (SSSR count). The van der Waals surface area contributed by atoms with Gasteiger partial charge in [0.2, 0.25) is 5.89 Å². The molecular formula is C25H20N2O3S. The van der Waals surface area contributed by atoms with Crippen molar-refractivity contribution in [1.29, 1.82) is 0 Å². The van der Waals surface area contributed by atoms with Crippen LogP contribution in [-0.2, 0) is 12.8 Å². The molecule has 0 saturated carbocycles. The van der Waals surface area contributed by atoms with E-state index in [1.807, 2.05) is 42.5 Å². The average molecular weight is 429 g/mol. The summed E-state index contributed by atoms with van der Waals surface area (Å²) in [4.78, 5) is 12.8. The topological polar surface area (TPSA) is 65.2 Å². The zero-order valence-corrected chi connectivity index (χ0v) is 17.8. The van der Waals surface area contributed by atoms with Crippen LogP contribution in [0.25, 0.3) is 11.1 Å². The number of hydrogen-bond acceptors (Lipinski definition) is 6. The molecule has 0 atom stereocenters. The van der Waals surface area contributed by atoms with E-state index in [0.29, 0.717) is 23.1 Å². The first-order valence-electron chi connectivity index (χ1n) is 10.0. The maximum atomic E-state index is 12.8. The highest BCUT2D eigenvalue weighted by atomic mass is 32.2. The highest BCUT2D eigenvalue weighted by Crippen LogP contribution is 2.37. The molecule has 0 bridgehead atoms. The zero-order chi connectivity index (χ0) is 21.2. The molecule has 1 aliphatic carbocycles. The number of rotatable bonds is 7. The molecule has 5 nitrogen and oxygen atoms in total. The van der Waals surface area contributed by atoms with Crippen LogP contribution in [0.15, 0.2) is 76.4 Å². The summed E-state index contributed by atoms with van der Waals surface area (Å²) in [5.41, 5.74) is 6.72. The summed E-state index contributed by atoms with van der Waals surface area (Å²) in [6.45, 7) is 0. The van der Waals surface area contributed by atoms with Crippen LogP contribution >= 0.6 is 11.8 Å². The second-order valence-electron chi connectivity index (χ2n) is 7.40. The monoisotopic (exact) mass is 428 g/mol. The Labute approximate surface area is 184 Å². The number of carbonyl (C=O) groups is 1. The van der Waals surface area contributed by atoms with E-state index in [-0.39, 0.29) is 11.5 Å². The van der Waals surface area contributed by atoms with Crippen LogP contribution in [0.2, 0.25) is 0 Å². The zero-order valence-electron chi connectivity index (χ0n) is 17.0. The van der Waals surface area contributed by atoms with E-state index in [4.69, 9.17) is 9.15 Å². The standard InChI is InChI=1S/C25H20N2O3S/c1-29-20-10-6-16(7-11-20)12-24-26-27-25(30-24)31-15-23(28)19-9-8-18-13-17-4-2-3-5-21(17)22(18)14-19/h2-11,14H,12-13,15H2,1H3. The van der Waals surface area contributed by atoms with Gasteiger partial charge in [-0.2, -0.15) is 0 Å². The number of nitrogens with zero attached hydrogens (tertiary/aromatic N) is 2. The summed E-state index contributed by atoms with van der Waals surface area (Å²) in [7, 11) is 1.64. The van der Waals surface area contributed by atoms with Crippen LogP contribution < -0.4 is 4.74 Å². The predicted octanol–water partition coefficient (Wildman–Crippen LogP) is 5.22. The molecule has 0 radical (unpaired) electrons. The smallest absolute Gasteiger partial charge is 0.277 e. The van der Waals surface area contributed by atoms with Crippen molar-refractivity contribution in [2.24, 2.45) is 0 Å². The number of thioether (sulfide) groups is 1. The fourth-order valence-corrected chi connectivity index (χ4v) is 4.47. The van der Waals surface area contributed by atoms with Crippen molar-refractivity contribution in [1.82, 2.24) is 10.2 Å². The van der Waals surface area contributed by atoms with Crippen LogP contribution in [0.4, 0.5) is 0 Å². The van der Waals surface area contributed by atoms with Gasteiger partial charge in [0.25, 0.3) is 5.22 Å². The van der Waals surface area contributed by atoms with Gasteiger partial charge in [-0.25, -0.2) is 0 Å². The van der Waals surface area contributed by atoms with Crippen molar-refractivity contribution in [3.63, 3.8) is 0 Å². The van der Waals surface area contributed by atoms with Crippen LogP contribution in [0.3, 0.4) is 0 Å². The molecule has 31 heavy (non-hydrogen) atoms. The molecule has 0 N–H and O–H groups in total. The minimum atomic E-state index is 0.0482. The second kappa shape index (κ2) is 8.40. The number of Topliss-reactive ketones (excluding diaryl/α,β-unsaturated/α-hetero) is 1. The van der Waals surface area contributed by atoms with E-state index in [2.05, 4.69) is 34.5 Å². The number of benzene rings is 3. The highest BCUT2D eigenvalue weighted by Gasteiger charge is 2.20. The number of aromatic nitrogens is 2. The molecule has 0 unspecified atom stereocenters. The van der Waals surface area contributed by atoms with E-state index in [1.165, 1.54) is 28.5 Å². The lowest BCUT2D eigenvalue weighted by Crippen LogP contribution is -2.02. The fraction of sp³-hybridized carbons (Fsp3) is 0.160. The number of hydrogen-bond donors (Lipinski definition) is 0. The quantitative estimate of drug-likeness (QED) is 0.262. The van der Waals surface area contributed by atoms with Gasteiger partial charge in [0.15, 0.2) is 5.78 Å². The van der Waals surface area contributed by atoms with E-state index >= 15 is 0 Å². The van der Waals surface area contributed by atoms with E-state index < -0.39 is 0 Å². The number of carbonyl (C=O) groups excluding carboxylic acids is 1. The Balaban J connectivity index is 1.23. The Bertz CT molecular complexity index is 1250. The van der Waals surface area contributed by atoms with E-state index in [1.54, 1.807) is 7.11 Å². The molecule has 1 heterocycles. The summed E-state index contributed by atoms with van der Waals surface area (Å²) in [6, 6.07) is 22.1. The minimum absolute atomic E-state index is 0.0482. The Kier molecular flexibility index (Phi) is 5.30. The maximum absolute atomic E-state index is 12.8. The summed E-state index contributed by atoms with van der Waals surface area (Å²) in [5, 5.41) is 8.57. The normalized spacial score (nSPS) is 11.8. The number of ether oxygens (including phenoxy) is 1. The molecule has 0 amide bonds. The predicted molar refractivity (Wildman–Crippen MR) is 120 cm³/mol. The number of methoxy groups -OCH3 is 1. The summed E-state index contributed by atoms with van der Waals surface area (Å²) < 4.78 is 10.9. The second-order valence-corrected chi connectivity index (χ2v) is 8.33. The molecule has 0 spiro atoms. The van der Waals surface area contributed by atoms with Gasteiger partial charge >= 0.3 is 0 Å². The van der Waals surface area contributed by atoms with Crippen molar-refractivity contribution in [2.75, 3.05) is 12.9 Å². The molecule has 6 heteroatoms. The average Bonchev–Trinajstić information content (AvgIpc) is 3.41. The van der Waals surface area contributed by atoms with Gasteiger partial charge in [-0.3, -0.25) is 4.79 Å². The lowest BCUT2D eigenvalue weighted by atomic mass is 10.0. The third-order valence-corrected chi connectivity index (χ3v) is 6.23. The molecule has 3 aromatic carbocycles. The lowest BCUT2D eigenvalue weighted by molar-refractivity contribution is 0.102. The van der Waals surface area contributed by atoms with Crippen LogP contribution in [0.1, 0.15) is 32.9 Å². The molecule has 4 aromatic rings. The molecular weight excluding hydrogens is 408 g/mol. The Morgan fingerprint density at radius 1 is 1.00 bits per heavy atom. The summed E-state index contributed by atoms with van der Waals surface area (Å²) in [6.07, 6.45) is 1.46. The van der Waals surface area contributed by atoms with Gasteiger partial charge in [0.05, 0.1) is 19.3 Å². The van der Waals surface area contributed by atoms with Crippen molar-refractivity contribution >= 4 is 17.5 Å². The first-order chi connectivity index (χ1) is 15.2. The molecule has 154 valence electrons. The van der Waals surface area contributed by atoms with Crippen LogP contribution in [-0.4, -0.2) is 28.8 Å². The molecule has 1 aliphatic rings. The molecule has 0 saturated heterocycles. The van der Waals surface area contributed by atoms with Gasteiger partial charge in [-0.15, -0.1) is 10.2 Å². The van der Waals surface area contributed by atoms with Gasteiger partial charge in [-0.1, -0.05) is 60.3 Å². The molecule has 0 aliphatic heterocycles. The SMILES string of the molecule is COc1ccc(Cc2nnc(SCC(=O)c3ccc4c(c3)-c3ccccc3C4)o2)cc1. The Hall–Kier alpha value is -3.38. The van der Waals surface area contributed by atoms with Crippen LogP contribution in [0.5, 0.6) is 5.75 Å². The third kappa shape index (κ3) is 4.11. The van der Waals surface area contributed by atoms with Gasteiger partial charge in [0, 0.05) is 5.56 Å². The van der Waals surface area contributed by atoms with E-state index in [9.17, 15) is 4.79 Å². The third-order valence-electron chi connectivity index (χ3n) is 5.41. The minimum Gasteiger partial charge on any atom is -0.497 e. The van der Waals surface area contributed by atoms with Crippen molar-refractivity contribution in [3.05, 3.63) is 94.9 Å². The first kappa shape index (κ1) is 19.6. The van der Waals surface area contributed by atoms with Crippen molar-refractivity contribution < 1.29 is 13.9 Å². The largest absolute Gasteiger partial charge is 0.497 e. The molecule has 0 fully saturated rings. The van der Waals surface area contributed by atoms with Gasteiger partial charge < -0.3 is 9.15 Å².